The Labute approximate surface area is 134 Å². The van der Waals surface area contributed by atoms with Crippen molar-refractivity contribution >= 4 is 10.8 Å². The second-order valence-corrected chi connectivity index (χ2v) is 5.59. The minimum Gasteiger partial charge on any atom is -0.507 e. The molecule has 0 spiro atoms. The van der Waals surface area contributed by atoms with Crippen molar-refractivity contribution in [1.82, 2.24) is 0 Å². The average Bonchev–Trinajstić information content (AvgIpc) is 2.51. The van der Waals surface area contributed by atoms with E-state index in [1.54, 1.807) is 13.2 Å². The van der Waals surface area contributed by atoms with Crippen LogP contribution in [-0.4, -0.2) is 22.4 Å². The van der Waals surface area contributed by atoms with Crippen molar-refractivity contribution in [1.29, 1.82) is 0 Å². The number of benzene rings is 3. The van der Waals surface area contributed by atoms with Crippen LogP contribution in [0.5, 0.6) is 23.0 Å². The van der Waals surface area contributed by atoms with Crippen LogP contribution in [-0.2, 0) is 0 Å². The van der Waals surface area contributed by atoms with Gasteiger partial charge in [-0.15, -0.1) is 0 Å². The minimum atomic E-state index is -0.256. The Balaban J connectivity index is 2.49. The van der Waals surface area contributed by atoms with Gasteiger partial charge in [0.2, 0.25) is 0 Å². The normalized spacial score (nSPS) is 10.9. The molecule has 0 aliphatic heterocycles. The smallest absolute Gasteiger partial charge is 0.166 e. The molecule has 3 rings (SSSR count). The van der Waals surface area contributed by atoms with Gasteiger partial charge in [-0.1, -0.05) is 24.3 Å². The molecule has 0 amide bonds. The predicted octanol–water partition coefficient (Wildman–Crippen LogP) is 4.25. The fourth-order valence-corrected chi connectivity index (χ4v) is 3.15. The molecule has 0 aromatic heterocycles. The first-order chi connectivity index (χ1) is 11.0. The summed E-state index contributed by atoms with van der Waals surface area (Å²) in [6.45, 7) is 3.66. The highest BCUT2D eigenvalue weighted by atomic mass is 16.5. The van der Waals surface area contributed by atoms with E-state index in [9.17, 15) is 15.3 Å². The molecule has 0 saturated heterocycles. The molecule has 0 fully saturated rings. The first-order valence-electron chi connectivity index (χ1n) is 7.27. The summed E-state index contributed by atoms with van der Waals surface area (Å²) in [6, 6.07) is 10.5. The molecule has 118 valence electrons. The highest BCUT2D eigenvalue weighted by Gasteiger charge is 2.21. The SMILES string of the molecule is COc1c(C)cc(O)c(-c2c(O)c(O)cc3ccccc23)c1C. The summed E-state index contributed by atoms with van der Waals surface area (Å²) in [5.74, 6) is 0.196. The lowest BCUT2D eigenvalue weighted by atomic mass is 9.91. The van der Waals surface area contributed by atoms with E-state index in [0.29, 0.717) is 22.4 Å². The number of hydrogen-bond donors (Lipinski definition) is 3. The van der Waals surface area contributed by atoms with Crippen molar-refractivity contribution in [3.8, 4) is 34.1 Å². The van der Waals surface area contributed by atoms with Crippen molar-refractivity contribution in [3.05, 3.63) is 47.5 Å². The lowest BCUT2D eigenvalue weighted by molar-refractivity contribution is 0.403. The van der Waals surface area contributed by atoms with Crippen LogP contribution in [0.1, 0.15) is 11.1 Å². The third-order valence-corrected chi connectivity index (χ3v) is 4.14. The molecule has 0 saturated carbocycles. The average molecular weight is 310 g/mol. The molecule has 0 bridgehead atoms. The number of aryl methyl sites for hydroxylation is 1. The third-order valence-electron chi connectivity index (χ3n) is 4.14. The number of phenols is 3. The summed E-state index contributed by atoms with van der Waals surface area (Å²) in [5.41, 5.74) is 2.36. The van der Waals surface area contributed by atoms with Gasteiger partial charge >= 0.3 is 0 Å². The highest BCUT2D eigenvalue weighted by Crippen LogP contribution is 2.49. The zero-order valence-electron chi connectivity index (χ0n) is 13.2. The maximum absolute atomic E-state index is 10.5. The van der Waals surface area contributed by atoms with E-state index in [2.05, 4.69) is 0 Å². The molecular weight excluding hydrogens is 292 g/mol. The molecule has 0 unspecified atom stereocenters. The van der Waals surface area contributed by atoms with Crippen LogP contribution >= 0.6 is 0 Å². The Bertz CT molecular complexity index is 913. The fourth-order valence-electron chi connectivity index (χ4n) is 3.15. The van der Waals surface area contributed by atoms with E-state index in [0.717, 1.165) is 16.3 Å². The van der Waals surface area contributed by atoms with Crippen molar-refractivity contribution in [2.45, 2.75) is 13.8 Å². The largest absolute Gasteiger partial charge is 0.507 e. The van der Waals surface area contributed by atoms with Crippen LogP contribution < -0.4 is 4.74 Å². The Kier molecular flexibility index (Phi) is 3.52. The summed E-state index contributed by atoms with van der Waals surface area (Å²) in [4.78, 5) is 0. The second-order valence-electron chi connectivity index (χ2n) is 5.59. The van der Waals surface area contributed by atoms with Crippen LogP contribution in [0.3, 0.4) is 0 Å². The second kappa shape index (κ2) is 5.39. The first-order valence-corrected chi connectivity index (χ1v) is 7.27. The number of aromatic hydroxyl groups is 3. The van der Waals surface area contributed by atoms with Gasteiger partial charge in [0.25, 0.3) is 0 Å². The van der Waals surface area contributed by atoms with Gasteiger partial charge in [0, 0.05) is 16.7 Å². The van der Waals surface area contributed by atoms with Crippen LogP contribution in [0.15, 0.2) is 36.4 Å². The Morgan fingerprint density at radius 2 is 1.57 bits per heavy atom. The number of phenolic OH excluding ortho intramolecular Hbond substituents is 3. The monoisotopic (exact) mass is 310 g/mol. The summed E-state index contributed by atoms with van der Waals surface area (Å²) in [6.07, 6.45) is 0. The van der Waals surface area contributed by atoms with Gasteiger partial charge in [-0.25, -0.2) is 0 Å². The van der Waals surface area contributed by atoms with Crippen molar-refractivity contribution in [2.75, 3.05) is 7.11 Å². The summed E-state index contributed by atoms with van der Waals surface area (Å²) >= 11 is 0. The molecule has 3 aromatic rings. The van der Waals surface area contributed by atoms with E-state index in [1.165, 1.54) is 6.07 Å². The molecule has 0 aliphatic rings. The third kappa shape index (κ3) is 2.23. The molecule has 0 radical (unpaired) electrons. The molecule has 3 aromatic carbocycles. The van der Waals surface area contributed by atoms with Crippen LogP contribution in [0.4, 0.5) is 0 Å². The van der Waals surface area contributed by atoms with E-state index >= 15 is 0 Å². The van der Waals surface area contributed by atoms with Gasteiger partial charge in [-0.05, 0) is 42.3 Å². The Morgan fingerprint density at radius 1 is 0.870 bits per heavy atom. The van der Waals surface area contributed by atoms with Crippen molar-refractivity contribution in [2.24, 2.45) is 0 Å². The zero-order chi connectivity index (χ0) is 16.7. The van der Waals surface area contributed by atoms with Gasteiger partial charge in [0.15, 0.2) is 11.5 Å². The lowest BCUT2D eigenvalue weighted by Gasteiger charge is -2.18. The van der Waals surface area contributed by atoms with E-state index in [4.69, 9.17) is 4.74 Å². The predicted molar refractivity (Wildman–Crippen MR) is 90.4 cm³/mol. The quantitative estimate of drug-likeness (QED) is 0.619. The molecule has 0 atom stereocenters. The van der Waals surface area contributed by atoms with Crippen molar-refractivity contribution in [3.63, 3.8) is 0 Å². The summed E-state index contributed by atoms with van der Waals surface area (Å²) < 4.78 is 5.42. The maximum Gasteiger partial charge on any atom is 0.166 e. The van der Waals surface area contributed by atoms with Gasteiger partial charge in [0.1, 0.15) is 11.5 Å². The molecule has 0 aliphatic carbocycles. The maximum atomic E-state index is 10.5. The molecule has 3 N–H and O–H groups in total. The van der Waals surface area contributed by atoms with Crippen LogP contribution in [0, 0.1) is 13.8 Å². The van der Waals surface area contributed by atoms with Crippen LogP contribution in [0.25, 0.3) is 21.9 Å². The van der Waals surface area contributed by atoms with E-state index in [1.807, 2.05) is 38.1 Å². The van der Waals surface area contributed by atoms with Gasteiger partial charge in [-0.3, -0.25) is 0 Å². The molecular formula is C19H18O4. The van der Waals surface area contributed by atoms with Gasteiger partial charge < -0.3 is 20.1 Å². The molecule has 0 heterocycles. The van der Waals surface area contributed by atoms with Gasteiger partial charge in [-0.2, -0.15) is 0 Å². The molecule has 23 heavy (non-hydrogen) atoms. The standard InChI is InChI=1S/C19H18O4/c1-10-8-14(20)16(11(2)19(10)23-3)17-13-7-5-4-6-12(13)9-15(21)18(17)22/h4-9,20-22H,1-3H3. The lowest BCUT2D eigenvalue weighted by Crippen LogP contribution is -1.95. The van der Waals surface area contributed by atoms with E-state index in [-0.39, 0.29) is 17.2 Å². The molecule has 4 nitrogen and oxygen atoms in total. The topological polar surface area (TPSA) is 69.9 Å². The Hall–Kier alpha value is -2.88. The highest BCUT2D eigenvalue weighted by molar-refractivity contribution is 6.03. The van der Waals surface area contributed by atoms with Crippen molar-refractivity contribution < 1.29 is 20.1 Å². The van der Waals surface area contributed by atoms with Gasteiger partial charge in [0.05, 0.1) is 7.11 Å². The fraction of sp³-hybridized carbons (Fsp3) is 0.158. The summed E-state index contributed by atoms with van der Waals surface area (Å²) in [5, 5.41) is 32.5. The molecule has 4 heteroatoms. The summed E-state index contributed by atoms with van der Waals surface area (Å²) in [7, 11) is 1.57. The number of hydrogen-bond acceptors (Lipinski definition) is 4. The number of methoxy groups -OCH3 is 1. The van der Waals surface area contributed by atoms with Crippen LogP contribution in [0.2, 0.25) is 0 Å². The minimum absolute atomic E-state index is 0.0341. The first kappa shape index (κ1) is 15.0. The number of rotatable bonds is 2. The zero-order valence-corrected chi connectivity index (χ0v) is 13.2. The number of fused-ring (bicyclic) bond motifs is 1. The van der Waals surface area contributed by atoms with E-state index < -0.39 is 0 Å². The Morgan fingerprint density at radius 3 is 2.26 bits per heavy atom. The number of ether oxygens (including phenoxy) is 1.